The van der Waals surface area contributed by atoms with E-state index in [9.17, 15) is 14.4 Å². The Morgan fingerprint density at radius 3 is 2.35 bits per heavy atom. The van der Waals surface area contributed by atoms with Gasteiger partial charge in [0.1, 0.15) is 12.6 Å². The van der Waals surface area contributed by atoms with E-state index in [1.54, 1.807) is 0 Å². The van der Waals surface area contributed by atoms with Crippen LogP contribution < -0.4 is 5.32 Å². The summed E-state index contributed by atoms with van der Waals surface area (Å²) < 4.78 is 0. The fraction of sp³-hybridized carbons (Fsp3) is 0.786. The Bertz CT molecular complexity index is 364. The first kappa shape index (κ1) is 16.5. The van der Waals surface area contributed by atoms with Gasteiger partial charge in [-0.25, -0.2) is 0 Å². The number of carboxylic acids is 1. The second-order valence-electron chi connectivity index (χ2n) is 5.38. The van der Waals surface area contributed by atoms with Crippen molar-refractivity contribution < 1.29 is 19.5 Å². The molecule has 0 heterocycles. The maximum atomic E-state index is 12.5. The standard InChI is InChI=1S/C14H24N2O4/c1-3-8-16(9-12(18)19)14(20)13(15-10(2)17)11-6-4-5-7-11/h11,13H,3-9H2,1-2H3,(H,15,17)(H,18,19). The van der Waals surface area contributed by atoms with Gasteiger partial charge in [-0.3, -0.25) is 14.4 Å². The minimum Gasteiger partial charge on any atom is -0.480 e. The third-order valence-corrected chi connectivity index (χ3v) is 3.63. The molecule has 114 valence electrons. The molecule has 0 saturated heterocycles. The number of carbonyl (C=O) groups is 3. The van der Waals surface area contributed by atoms with Crippen LogP contribution in [0.15, 0.2) is 0 Å². The number of carbonyl (C=O) groups excluding carboxylic acids is 2. The highest BCUT2D eigenvalue weighted by atomic mass is 16.4. The molecular formula is C14H24N2O4. The third kappa shape index (κ3) is 4.83. The lowest BCUT2D eigenvalue weighted by atomic mass is 9.96. The first-order chi connectivity index (χ1) is 9.45. The Labute approximate surface area is 119 Å². The summed E-state index contributed by atoms with van der Waals surface area (Å²) in [7, 11) is 0. The summed E-state index contributed by atoms with van der Waals surface area (Å²) in [5, 5.41) is 11.6. The zero-order valence-electron chi connectivity index (χ0n) is 12.2. The molecule has 6 nitrogen and oxygen atoms in total. The largest absolute Gasteiger partial charge is 0.480 e. The molecule has 0 aromatic rings. The molecule has 6 heteroatoms. The normalized spacial score (nSPS) is 16.7. The Hall–Kier alpha value is -1.59. The van der Waals surface area contributed by atoms with Gasteiger partial charge in [0.2, 0.25) is 11.8 Å². The first-order valence-corrected chi connectivity index (χ1v) is 7.23. The summed E-state index contributed by atoms with van der Waals surface area (Å²) >= 11 is 0. The molecule has 20 heavy (non-hydrogen) atoms. The van der Waals surface area contributed by atoms with Gasteiger partial charge in [0.05, 0.1) is 0 Å². The van der Waals surface area contributed by atoms with Gasteiger partial charge < -0.3 is 15.3 Å². The highest BCUT2D eigenvalue weighted by Gasteiger charge is 2.34. The number of rotatable bonds is 7. The molecule has 0 aliphatic heterocycles. The van der Waals surface area contributed by atoms with E-state index >= 15 is 0 Å². The predicted molar refractivity (Wildman–Crippen MR) is 74.1 cm³/mol. The fourth-order valence-corrected chi connectivity index (χ4v) is 2.79. The number of amides is 2. The molecule has 0 aromatic carbocycles. The molecule has 2 amide bonds. The van der Waals surface area contributed by atoms with E-state index in [0.29, 0.717) is 13.0 Å². The van der Waals surface area contributed by atoms with E-state index in [-0.39, 0.29) is 24.3 Å². The van der Waals surface area contributed by atoms with Crippen molar-refractivity contribution in [3.63, 3.8) is 0 Å². The molecule has 1 aliphatic rings. The first-order valence-electron chi connectivity index (χ1n) is 7.23. The quantitative estimate of drug-likeness (QED) is 0.730. The van der Waals surface area contributed by atoms with Gasteiger partial charge in [0.15, 0.2) is 0 Å². The Morgan fingerprint density at radius 2 is 1.90 bits per heavy atom. The van der Waals surface area contributed by atoms with Crippen LogP contribution >= 0.6 is 0 Å². The molecule has 1 saturated carbocycles. The zero-order chi connectivity index (χ0) is 15.1. The van der Waals surface area contributed by atoms with Gasteiger partial charge in [-0.2, -0.15) is 0 Å². The van der Waals surface area contributed by atoms with Crippen LogP contribution in [-0.4, -0.2) is 46.9 Å². The number of hydrogen-bond donors (Lipinski definition) is 2. The Morgan fingerprint density at radius 1 is 1.30 bits per heavy atom. The van der Waals surface area contributed by atoms with E-state index in [2.05, 4.69) is 5.32 Å². The smallest absolute Gasteiger partial charge is 0.323 e. The summed E-state index contributed by atoms with van der Waals surface area (Å²) in [5.41, 5.74) is 0. The van der Waals surface area contributed by atoms with Crippen LogP contribution in [0.4, 0.5) is 0 Å². The van der Waals surface area contributed by atoms with Gasteiger partial charge >= 0.3 is 5.97 Å². The highest BCUT2D eigenvalue weighted by Crippen LogP contribution is 2.28. The maximum absolute atomic E-state index is 12.5. The average Bonchev–Trinajstić information content (AvgIpc) is 2.87. The lowest BCUT2D eigenvalue weighted by Crippen LogP contribution is -2.52. The van der Waals surface area contributed by atoms with Crippen molar-refractivity contribution in [2.75, 3.05) is 13.1 Å². The van der Waals surface area contributed by atoms with Crippen molar-refractivity contribution in [2.24, 2.45) is 5.92 Å². The summed E-state index contributed by atoms with van der Waals surface area (Å²) in [6.45, 7) is 3.37. The van der Waals surface area contributed by atoms with Crippen molar-refractivity contribution in [1.82, 2.24) is 10.2 Å². The molecule has 1 atom stereocenters. The Balaban J connectivity index is 2.81. The lowest BCUT2D eigenvalue weighted by Gasteiger charge is -2.29. The van der Waals surface area contributed by atoms with Crippen molar-refractivity contribution in [2.45, 2.75) is 52.0 Å². The molecule has 0 spiro atoms. The van der Waals surface area contributed by atoms with E-state index in [4.69, 9.17) is 5.11 Å². The third-order valence-electron chi connectivity index (χ3n) is 3.63. The van der Waals surface area contributed by atoms with E-state index < -0.39 is 12.0 Å². The van der Waals surface area contributed by atoms with Crippen LogP contribution in [0.3, 0.4) is 0 Å². The van der Waals surface area contributed by atoms with Gasteiger partial charge in [0, 0.05) is 13.5 Å². The second kappa shape index (κ2) is 7.87. The Kier molecular flexibility index (Phi) is 6.48. The molecule has 0 bridgehead atoms. The second-order valence-corrected chi connectivity index (χ2v) is 5.38. The van der Waals surface area contributed by atoms with E-state index in [1.165, 1.54) is 11.8 Å². The van der Waals surface area contributed by atoms with Crippen LogP contribution in [-0.2, 0) is 14.4 Å². The summed E-state index contributed by atoms with van der Waals surface area (Å²) in [6, 6.07) is -0.583. The molecular weight excluding hydrogens is 260 g/mol. The van der Waals surface area contributed by atoms with Crippen LogP contribution in [0.5, 0.6) is 0 Å². The van der Waals surface area contributed by atoms with Gasteiger partial charge in [-0.15, -0.1) is 0 Å². The highest BCUT2D eigenvalue weighted by molar-refractivity contribution is 5.89. The van der Waals surface area contributed by atoms with E-state index in [0.717, 1.165) is 25.7 Å². The van der Waals surface area contributed by atoms with Gasteiger partial charge in [-0.05, 0) is 25.2 Å². The average molecular weight is 284 g/mol. The number of nitrogens with one attached hydrogen (secondary N) is 1. The summed E-state index contributed by atoms with van der Waals surface area (Å²) in [4.78, 5) is 36.1. The number of aliphatic carboxylic acids is 1. The molecule has 2 N–H and O–H groups in total. The van der Waals surface area contributed by atoms with Gasteiger partial charge in [-0.1, -0.05) is 19.8 Å². The zero-order valence-corrected chi connectivity index (χ0v) is 12.2. The predicted octanol–water partition coefficient (Wildman–Crippen LogP) is 1.00. The molecule has 1 aliphatic carbocycles. The van der Waals surface area contributed by atoms with Crippen LogP contribution in [0.25, 0.3) is 0 Å². The van der Waals surface area contributed by atoms with Crippen molar-refractivity contribution in [1.29, 1.82) is 0 Å². The van der Waals surface area contributed by atoms with Crippen LogP contribution in [0.2, 0.25) is 0 Å². The number of carboxylic acid groups (broad SMARTS) is 1. The fourth-order valence-electron chi connectivity index (χ4n) is 2.79. The topological polar surface area (TPSA) is 86.7 Å². The van der Waals surface area contributed by atoms with Crippen molar-refractivity contribution in [3.8, 4) is 0 Å². The van der Waals surface area contributed by atoms with Gasteiger partial charge in [0.25, 0.3) is 0 Å². The summed E-state index contributed by atoms with van der Waals surface area (Å²) in [5.74, 6) is -1.42. The number of hydrogen-bond acceptors (Lipinski definition) is 3. The monoisotopic (exact) mass is 284 g/mol. The van der Waals surface area contributed by atoms with Crippen molar-refractivity contribution in [3.05, 3.63) is 0 Å². The lowest BCUT2D eigenvalue weighted by molar-refractivity contribution is -0.146. The number of nitrogens with zero attached hydrogens (tertiary/aromatic N) is 1. The molecule has 1 rings (SSSR count). The summed E-state index contributed by atoms with van der Waals surface area (Å²) in [6.07, 6.45) is 4.62. The van der Waals surface area contributed by atoms with Crippen LogP contribution in [0, 0.1) is 5.92 Å². The molecule has 0 aromatic heterocycles. The minimum atomic E-state index is -1.03. The molecule has 1 unspecified atom stereocenters. The van der Waals surface area contributed by atoms with E-state index in [1.807, 2.05) is 6.92 Å². The minimum absolute atomic E-state index is 0.125. The molecule has 0 radical (unpaired) electrons. The maximum Gasteiger partial charge on any atom is 0.323 e. The van der Waals surface area contributed by atoms with Crippen molar-refractivity contribution >= 4 is 17.8 Å². The SMILES string of the molecule is CCCN(CC(=O)O)C(=O)C(NC(C)=O)C1CCCC1. The molecule has 1 fully saturated rings. The van der Waals surface area contributed by atoms with Crippen LogP contribution in [0.1, 0.15) is 46.0 Å².